The third kappa shape index (κ3) is 4.57. The molecule has 1 aromatic heterocycles. The standard InChI is InChI=1S/C25H30N4O5/c1-16-6-7-19-21(12-16)26-23(20-4-2-3-5-22(20)31)27-24(19)28-9-10-29(17(13-28)14-30)25(32)34-18-8-11-33-15-18/h2-7,12,17-18,25,30-32H,8-11,13-15H2,1H3/t17-,18-,25?/m1/s1. The Kier molecular flexibility index (Phi) is 6.62. The Morgan fingerprint density at radius 1 is 1.18 bits per heavy atom. The van der Waals surface area contributed by atoms with Crippen molar-refractivity contribution in [2.45, 2.75) is 31.9 Å². The molecule has 2 aromatic carbocycles. The van der Waals surface area contributed by atoms with E-state index < -0.39 is 6.41 Å². The molecule has 0 radical (unpaired) electrons. The zero-order valence-corrected chi connectivity index (χ0v) is 19.2. The first-order valence-corrected chi connectivity index (χ1v) is 11.6. The largest absolute Gasteiger partial charge is 0.507 e. The van der Waals surface area contributed by atoms with Gasteiger partial charge in [0.1, 0.15) is 11.6 Å². The number of aromatic nitrogens is 2. The summed E-state index contributed by atoms with van der Waals surface area (Å²) in [5.74, 6) is 1.30. The van der Waals surface area contributed by atoms with Gasteiger partial charge >= 0.3 is 0 Å². The van der Waals surface area contributed by atoms with Crippen LogP contribution in [-0.4, -0.2) is 88.2 Å². The zero-order chi connectivity index (χ0) is 23.7. The zero-order valence-electron chi connectivity index (χ0n) is 19.2. The van der Waals surface area contributed by atoms with Crippen molar-refractivity contribution in [3.63, 3.8) is 0 Å². The van der Waals surface area contributed by atoms with Crippen LogP contribution in [-0.2, 0) is 9.47 Å². The number of hydrogen-bond donors (Lipinski definition) is 3. The minimum absolute atomic E-state index is 0.120. The van der Waals surface area contributed by atoms with Crippen LogP contribution < -0.4 is 4.90 Å². The number of hydrogen-bond acceptors (Lipinski definition) is 9. The molecule has 3 aromatic rings. The van der Waals surface area contributed by atoms with E-state index >= 15 is 0 Å². The second kappa shape index (κ2) is 9.81. The molecule has 2 saturated heterocycles. The van der Waals surface area contributed by atoms with Gasteiger partial charge in [0.25, 0.3) is 0 Å². The van der Waals surface area contributed by atoms with Crippen molar-refractivity contribution in [2.75, 3.05) is 44.4 Å². The van der Waals surface area contributed by atoms with Crippen molar-refractivity contribution in [1.82, 2.24) is 14.9 Å². The van der Waals surface area contributed by atoms with E-state index in [-0.39, 0.29) is 24.5 Å². The number of fused-ring (bicyclic) bond motifs is 1. The second-order valence-electron chi connectivity index (χ2n) is 8.88. The molecule has 0 aliphatic carbocycles. The molecule has 34 heavy (non-hydrogen) atoms. The average Bonchev–Trinajstić information content (AvgIpc) is 3.36. The quantitative estimate of drug-likeness (QED) is 0.469. The van der Waals surface area contributed by atoms with Gasteiger partial charge in [-0.05, 0) is 43.2 Å². The fraction of sp³-hybridized carbons (Fsp3) is 0.440. The van der Waals surface area contributed by atoms with Crippen LogP contribution >= 0.6 is 0 Å². The van der Waals surface area contributed by atoms with E-state index in [0.717, 1.165) is 28.7 Å². The highest BCUT2D eigenvalue weighted by Crippen LogP contribution is 2.33. The Hall–Kier alpha value is -2.82. The van der Waals surface area contributed by atoms with E-state index in [2.05, 4.69) is 4.90 Å². The smallest absolute Gasteiger partial charge is 0.216 e. The summed E-state index contributed by atoms with van der Waals surface area (Å²) in [6, 6.07) is 12.7. The lowest BCUT2D eigenvalue weighted by Gasteiger charge is -2.43. The molecule has 3 atom stereocenters. The van der Waals surface area contributed by atoms with E-state index in [1.807, 2.05) is 31.2 Å². The first kappa shape index (κ1) is 22.9. The van der Waals surface area contributed by atoms with Gasteiger partial charge in [-0.15, -0.1) is 0 Å². The summed E-state index contributed by atoms with van der Waals surface area (Å²) >= 11 is 0. The fourth-order valence-corrected chi connectivity index (χ4v) is 4.63. The average molecular weight is 467 g/mol. The number of nitrogens with zero attached hydrogens (tertiary/aromatic N) is 4. The van der Waals surface area contributed by atoms with Crippen molar-refractivity contribution in [3.05, 3.63) is 48.0 Å². The number of rotatable bonds is 6. The van der Waals surface area contributed by atoms with Crippen molar-refractivity contribution in [1.29, 1.82) is 0 Å². The molecule has 2 aliphatic rings. The van der Waals surface area contributed by atoms with Crippen LogP contribution in [0, 0.1) is 6.92 Å². The lowest BCUT2D eigenvalue weighted by atomic mass is 10.1. The highest BCUT2D eigenvalue weighted by Gasteiger charge is 2.34. The van der Waals surface area contributed by atoms with Crippen LogP contribution in [0.3, 0.4) is 0 Å². The maximum atomic E-state index is 10.7. The van der Waals surface area contributed by atoms with Gasteiger partial charge in [0.05, 0.1) is 36.4 Å². The summed E-state index contributed by atoms with van der Waals surface area (Å²) in [5.41, 5.74) is 2.43. The third-order valence-corrected chi connectivity index (χ3v) is 6.50. The second-order valence-corrected chi connectivity index (χ2v) is 8.88. The molecule has 2 aliphatic heterocycles. The number of aryl methyl sites for hydroxylation is 1. The lowest BCUT2D eigenvalue weighted by molar-refractivity contribution is -0.231. The molecule has 3 N–H and O–H groups in total. The monoisotopic (exact) mass is 466 g/mol. The van der Waals surface area contributed by atoms with Gasteiger partial charge in [0.2, 0.25) is 6.41 Å². The summed E-state index contributed by atoms with van der Waals surface area (Å²) in [6.07, 6.45) is -0.488. The van der Waals surface area contributed by atoms with Crippen molar-refractivity contribution in [3.8, 4) is 17.1 Å². The maximum absolute atomic E-state index is 10.7. The van der Waals surface area contributed by atoms with Gasteiger partial charge in [0, 0.05) is 31.6 Å². The number of aliphatic hydroxyl groups is 2. The summed E-state index contributed by atoms with van der Waals surface area (Å²) in [5, 5.41) is 32.1. The molecule has 1 unspecified atom stereocenters. The summed E-state index contributed by atoms with van der Waals surface area (Å²) in [4.78, 5) is 13.5. The van der Waals surface area contributed by atoms with Crippen molar-refractivity contribution >= 4 is 16.7 Å². The van der Waals surface area contributed by atoms with E-state index in [0.29, 0.717) is 44.2 Å². The Bertz CT molecular complexity index is 1150. The third-order valence-electron chi connectivity index (χ3n) is 6.50. The summed E-state index contributed by atoms with van der Waals surface area (Å²) in [7, 11) is 0. The number of para-hydroxylation sites is 1. The van der Waals surface area contributed by atoms with Crippen LogP contribution in [0.4, 0.5) is 5.82 Å². The normalized spacial score (nSPS) is 22.4. The molecular weight excluding hydrogens is 436 g/mol. The highest BCUT2D eigenvalue weighted by atomic mass is 16.6. The minimum Gasteiger partial charge on any atom is -0.507 e. The molecular formula is C25H30N4O5. The first-order chi connectivity index (χ1) is 16.5. The molecule has 0 saturated carbocycles. The number of ether oxygens (including phenoxy) is 2. The van der Waals surface area contributed by atoms with E-state index in [1.54, 1.807) is 23.1 Å². The van der Waals surface area contributed by atoms with Gasteiger partial charge < -0.3 is 29.7 Å². The molecule has 180 valence electrons. The number of benzene rings is 2. The molecule has 0 amide bonds. The van der Waals surface area contributed by atoms with Crippen LogP contribution in [0.5, 0.6) is 5.75 Å². The fourth-order valence-electron chi connectivity index (χ4n) is 4.63. The number of aliphatic hydroxyl groups excluding tert-OH is 2. The van der Waals surface area contributed by atoms with Crippen LogP contribution in [0.2, 0.25) is 0 Å². The van der Waals surface area contributed by atoms with Gasteiger partial charge in [-0.1, -0.05) is 18.2 Å². The minimum atomic E-state index is -1.10. The van der Waals surface area contributed by atoms with E-state index in [4.69, 9.17) is 19.4 Å². The SMILES string of the molecule is Cc1ccc2c(N3CCN(C(O)O[C@@H]4CCOC4)[C@@H](CO)C3)nc(-c3ccccc3O)nc2c1. The Morgan fingerprint density at radius 3 is 2.79 bits per heavy atom. The molecule has 0 spiro atoms. The number of piperazine rings is 1. The van der Waals surface area contributed by atoms with Crippen LogP contribution in [0.25, 0.3) is 22.3 Å². The summed E-state index contributed by atoms with van der Waals surface area (Å²) in [6.45, 7) is 4.51. The van der Waals surface area contributed by atoms with Crippen molar-refractivity contribution < 1.29 is 24.8 Å². The van der Waals surface area contributed by atoms with Gasteiger partial charge in [-0.25, -0.2) is 14.9 Å². The number of anilines is 1. The molecule has 2 fully saturated rings. The molecule has 9 heteroatoms. The van der Waals surface area contributed by atoms with Crippen molar-refractivity contribution in [2.24, 2.45) is 0 Å². The predicted molar refractivity (Wildman–Crippen MR) is 127 cm³/mol. The van der Waals surface area contributed by atoms with Gasteiger partial charge in [0.15, 0.2) is 5.82 Å². The first-order valence-electron chi connectivity index (χ1n) is 11.6. The van der Waals surface area contributed by atoms with Crippen LogP contribution in [0.15, 0.2) is 42.5 Å². The van der Waals surface area contributed by atoms with E-state index in [1.165, 1.54) is 0 Å². The Morgan fingerprint density at radius 2 is 2.03 bits per heavy atom. The molecule has 3 heterocycles. The van der Waals surface area contributed by atoms with Crippen LogP contribution in [0.1, 0.15) is 12.0 Å². The topological polar surface area (TPSA) is 111 Å². The number of aromatic hydroxyl groups is 1. The number of phenolic OH excluding ortho intramolecular Hbond substituents is 1. The van der Waals surface area contributed by atoms with E-state index in [9.17, 15) is 15.3 Å². The van der Waals surface area contributed by atoms with Gasteiger partial charge in [-0.3, -0.25) is 0 Å². The molecule has 5 rings (SSSR count). The summed E-state index contributed by atoms with van der Waals surface area (Å²) < 4.78 is 11.1. The van der Waals surface area contributed by atoms with Gasteiger partial charge in [-0.2, -0.15) is 0 Å². The molecule has 9 nitrogen and oxygen atoms in total. The lowest BCUT2D eigenvalue weighted by Crippen LogP contribution is -2.59. The highest BCUT2D eigenvalue weighted by molar-refractivity contribution is 5.92. The Labute approximate surface area is 198 Å². The maximum Gasteiger partial charge on any atom is 0.216 e. The number of phenols is 1. The molecule has 0 bridgehead atoms. The Balaban J connectivity index is 1.46. The predicted octanol–water partition coefficient (Wildman–Crippen LogP) is 1.88.